The van der Waals surface area contributed by atoms with Crippen molar-refractivity contribution in [3.63, 3.8) is 0 Å². The van der Waals surface area contributed by atoms with Crippen molar-refractivity contribution in [3.05, 3.63) is 30.3 Å². The second kappa shape index (κ2) is 8.35. The van der Waals surface area contributed by atoms with Gasteiger partial charge in [-0.25, -0.2) is 8.42 Å². The van der Waals surface area contributed by atoms with Gasteiger partial charge in [-0.05, 0) is 43.1 Å². The van der Waals surface area contributed by atoms with Crippen molar-refractivity contribution in [2.75, 3.05) is 6.61 Å². The van der Waals surface area contributed by atoms with E-state index in [2.05, 4.69) is 40.8 Å². The highest BCUT2D eigenvalue weighted by molar-refractivity contribution is 7.93. The van der Waals surface area contributed by atoms with Crippen LogP contribution in [0.5, 0.6) is 0 Å². The van der Waals surface area contributed by atoms with Gasteiger partial charge < -0.3 is 9.16 Å². The number of rotatable bonds is 10. The zero-order valence-electron chi connectivity index (χ0n) is 17.7. The van der Waals surface area contributed by atoms with Gasteiger partial charge in [-0.3, -0.25) is 0 Å². The molecule has 1 fully saturated rings. The minimum Gasteiger partial charge on any atom is -0.414 e. The van der Waals surface area contributed by atoms with Crippen LogP contribution in [-0.2, 0) is 19.0 Å². The molecule has 2 rings (SSSR count). The van der Waals surface area contributed by atoms with Crippen LogP contribution in [0.2, 0.25) is 18.1 Å². The van der Waals surface area contributed by atoms with E-state index in [1.165, 1.54) is 0 Å². The summed E-state index contributed by atoms with van der Waals surface area (Å²) < 4.78 is 38.9. The molecule has 1 saturated heterocycles. The number of ether oxygens (including phenoxy) is 1. The van der Waals surface area contributed by atoms with Crippen LogP contribution in [0.15, 0.2) is 35.2 Å². The van der Waals surface area contributed by atoms with E-state index < -0.39 is 23.1 Å². The minimum atomic E-state index is -3.55. The summed E-state index contributed by atoms with van der Waals surface area (Å²) in [6.07, 6.45) is 4.29. The van der Waals surface area contributed by atoms with Crippen LogP contribution < -0.4 is 0 Å². The molecule has 1 aliphatic rings. The van der Waals surface area contributed by atoms with E-state index in [1.54, 1.807) is 24.3 Å². The van der Waals surface area contributed by atoms with Gasteiger partial charge in [0.25, 0.3) is 0 Å². The van der Waals surface area contributed by atoms with Gasteiger partial charge in [0.15, 0.2) is 8.32 Å². The molecule has 2 atom stereocenters. The number of sulfone groups is 1. The third-order valence-electron chi connectivity index (χ3n) is 6.06. The summed E-state index contributed by atoms with van der Waals surface area (Å²) in [5.74, 6) is 0. The van der Waals surface area contributed by atoms with Gasteiger partial charge in [-0.2, -0.15) is 0 Å². The fourth-order valence-electron chi connectivity index (χ4n) is 3.06. The number of hydrogen-bond acceptors (Lipinski definition) is 4. The van der Waals surface area contributed by atoms with Crippen LogP contribution >= 0.6 is 0 Å². The Morgan fingerprint density at radius 1 is 1.11 bits per heavy atom. The van der Waals surface area contributed by atoms with Crippen molar-refractivity contribution >= 4 is 18.2 Å². The Morgan fingerprint density at radius 3 is 2.30 bits per heavy atom. The van der Waals surface area contributed by atoms with E-state index in [4.69, 9.17) is 9.16 Å². The van der Waals surface area contributed by atoms with Crippen LogP contribution in [0.3, 0.4) is 0 Å². The molecular formula is C21H36O4SSi. The standard InChI is InChI=1S/C21H36O4SSi/c1-7-8-9-13-16-21(26(22,23)18-14-11-10-12-15-18)19(25-21)17-24-27(5,6)20(2,3)4/h10-12,14-15,19H,7-9,13,16-17H2,1-6H3/t19-,21-/m1/s1. The van der Waals surface area contributed by atoms with Crippen LogP contribution in [0, 0.1) is 0 Å². The van der Waals surface area contributed by atoms with Crippen molar-refractivity contribution in [1.29, 1.82) is 0 Å². The predicted octanol–water partition coefficient (Wildman–Crippen LogP) is 5.55. The summed E-state index contributed by atoms with van der Waals surface area (Å²) in [7, 11) is -5.50. The summed E-state index contributed by atoms with van der Waals surface area (Å²) in [6.45, 7) is 13.4. The Hall–Kier alpha value is -0.693. The van der Waals surface area contributed by atoms with Crippen molar-refractivity contribution in [1.82, 2.24) is 0 Å². The molecule has 1 aromatic rings. The maximum absolute atomic E-state index is 13.3. The van der Waals surface area contributed by atoms with Gasteiger partial charge in [-0.15, -0.1) is 0 Å². The summed E-state index contributed by atoms with van der Waals surface area (Å²) in [4.78, 5) is -0.778. The molecular weight excluding hydrogens is 376 g/mol. The molecule has 27 heavy (non-hydrogen) atoms. The summed E-state index contributed by atoms with van der Waals surface area (Å²) in [5.41, 5.74) is 0. The molecule has 0 bridgehead atoms. The van der Waals surface area contributed by atoms with Crippen LogP contribution in [0.4, 0.5) is 0 Å². The number of unbranched alkanes of at least 4 members (excludes halogenated alkanes) is 3. The molecule has 1 heterocycles. The summed E-state index contributed by atoms with van der Waals surface area (Å²) in [6, 6.07) is 8.69. The Balaban J connectivity index is 2.17. The van der Waals surface area contributed by atoms with Gasteiger partial charge >= 0.3 is 0 Å². The Morgan fingerprint density at radius 2 is 1.74 bits per heavy atom. The lowest BCUT2D eigenvalue weighted by Crippen LogP contribution is -2.42. The molecule has 1 aromatic carbocycles. The van der Waals surface area contributed by atoms with Gasteiger partial charge in [0.2, 0.25) is 14.8 Å². The topological polar surface area (TPSA) is 55.9 Å². The largest absolute Gasteiger partial charge is 0.414 e. The molecule has 0 N–H and O–H groups in total. The number of hydrogen-bond donors (Lipinski definition) is 0. The predicted molar refractivity (Wildman–Crippen MR) is 113 cm³/mol. The first kappa shape index (κ1) is 22.6. The SMILES string of the molecule is CCCCCC[C@]1(S(=O)(=O)c2ccccc2)O[C@@H]1CO[Si](C)(C)C(C)(C)C. The lowest BCUT2D eigenvalue weighted by atomic mass is 10.1. The third-order valence-corrected chi connectivity index (χ3v) is 12.9. The first-order valence-electron chi connectivity index (χ1n) is 10.1. The minimum absolute atomic E-state index is 0.0873. The smallest absolute Gasteiger partial charge is 0.210 e. The average molecular weight is 413 g/mol. The maximum atomic E-state index is 13.3. The molecule has 1 aliphatic heterocycles. The molecule has 0 spiro atoms. The zero-order valence-corrected chi connectivity index (χ0v) is 19.6. The van der Waals surface area contributed by atoms with Gasteiger partial charge in [0.1, 0.15) is 6.10 Å². The molecule has 0 saturated carbocycles. The molecule has 6 heteroatoms. The van der Waals surface area contributed by atoms with E-state index >= 15 is 0 Å². The molecule has 0 radical (unpaired) electrons. The molecule has 4 nitrogen and oxygen atoms in total. The molecule has 0 aromatic heterocycles. The highest BCUT2D eigenvalue weighted by atomic mass is 32.2. The lowest BCUT2D eigenvalue weighted by Gasteiger charge is -2.36. The second-order valence-corrected chi connectivity index (χ2v) is 16.1. The third kappa shape index (κ3) is 4.84. The molecule has 0 unspecified atom stereocenters. The van der Waals surface area contributed by atoms with E-state index in [0.717, 1.165) is 25.7 Å². The van der Waals surface area contributed by atoms with Crippen molar-refractivity contribution in [2.45, 2.75) is 93.9 Å². The first-order chi connectivity index (χ1) is 12.5. The summed E-state index contributed by atoms with van der Waals surface area (Å²) >= 11 is 0. The fourth-order valence-corrected chi connectivity index (χ4v) is 6.04. The Labute approximate surface area is 166 Å². The van der Waals surface area contributed by atoms with E-state index in [-0.39, 0.29) is 11.1 Å². The van der Waals surface area contributed by atoms with Gasteiger partial charge in [0.05, 0.1) is 11.5 Å². The number of epoxide rings is 1. The lowest BCUT2D eigenvalue weighted by molar-refractivity contribution is 0.239. The monoisotopic (exact) mass is 412 g/mol. The highest BCUT2D eigenvalue weighted by Gasteiger charge is 2.66. The van der Waals surface area contributed by atoms with Crippen molar-refractivity contribution < 1.29 is 17.6 Å². The average Bonchev–Trinajstić information content (AvgIpc) is 3.32. The van der Waals surface area contributed by atoms with Gasteiger partial charge in [0, 0.05) is 0 Å². The maximum Gasteiger partial charge on any atom is 0.210 e. The Bertz CT molecular complexity index is 709. The number of benzene rings is 1. The van der Waals surface area contributed by atoms with Crippen LogP contribution in [0.25, 0.3) is 0 Å². The van der Waals surface area contributed by atoms with E-state index in [0.29, 0.717) is 17.9 Å². The quantitative estimate of drug-likeness (QED) is 0.287. The molecule has 154 valence electrons. The van der Waals surface area contributed by atoms with Crippen molar-refractivity contribution in [3.8, 4) is 0 Å². The second-order valence-electron chi connectivity index (χ2n) is 9.12. The van der Waals surface area contributed by atoms with Crippen LogP contribution in [-0.4, -0.2) is 34.4 Å². The zero-order chi connectivity index (χ0) is 20.3. The molecule has 0 aliphatic carbocycles. The van der Waals surface area contributed by atoms with Crippen molar-refractivity contribution in [2.24, 2.45) is 0 Å². The normalized spacial score (nSPS) is 23.4. The molecule has 0 amide bonds. The highest BCUT2D eigenvalue weighted by Crippen LogP contribution is 2.50. The summed E-state index contributed by atoms with van der Waals surface area (Å²) in [5, 5.41) is 0.0873. The van der Waals surface area contributed by atoms with E-state index in [9.17, 15) is 8.42 Å². The van der Waals surface area contributed by atoms with E-state index in [1.807, 2.05) is 6.07 Å². The fraction of sp³-hybridized carbons (Fsp3) is 0.714. The van der Waals surface area contributed by atoms with Crippen LogP contribution in [0.1, 0.15) is 59.8 Å². The Kier molecular flexibility index (Phi) is 6.99. The van der Waals surface area contributed by atoms with Gasteiger partial charge in [-0.1, -0.05) is 65.2 Å². The first-order valence-corrected chi connectivity index (χ1v) is 14.5.